The van der Waals surface area contributed by atoms with Crippen molar-refractivity contribution in [1.29, 1.82) is 0 Å². The maximum Gasteiger partial charge on any atom is 0.339 e. The number of ether oxygens (including phenoxy) is 1. The van der Waals surface area contributed by atoms with Gasteiger partial charge in [0.05, 0.1) is 23.6 Å². The van der Waals surface area contributed by atoms with Gasteiger partial charge in [-0.05, 0) is 44.2 Å². The average Bonchev–Trinajstić information content (AvgIpc) is 3.07. The van der Waals surface area contributed by atoms with E-state index in [4.69, 9.17) is 14.8 Å². The molecular formula is C22H18BrN3O2. The van der Waals surface area contributed by atoms with Crippen molar-refractivity contribution in [2.45, 2.75) is 13.8 Å². The molecule has 0 saturated heterocycles. The number of hydrogen-bond acceptors (Lipinski definition) is 4. The van der Waals surface area contributed by atoms with Crippen LogP contribution in [0.4, 0.5) is 0 Å². The predicted octanol–water partition coefficient (Wildman–Crippen LogP) is 5.34. The molecule has 5 nitrogen and oxygen atoms in total. The molecule has 0 bridgehead atoms. The second-order valence-corrected chi connectivity index (χ2v) is 7.23. The minimum atomic E-state index is -0.372. The van der Waals surface area contributed by atoms with E-state index in [1.54, 1.807) is 6.92 Å². The van der Waals surface area contributed by atoms with Crippen molar-refractivity contribution in [3.8, 4) is 16.9 Å². The molecule has 0 aliphatic rings. The van der Waals surface area contributed by atoms with Crippen LogP contribution in [0.1, 0.15) is 23.0 Å². The lowest BCUT2D eigenvalue weighted by Gasteiger charge is -2.07. The Morgan fingerprint density at radius 2 is 1.82 bits per heavy atom. The first-order valence-corrected chi connectivity index (χ1v) is 9.76. The number of halogens is 1. The van der Waals surface area contributed by atoms with Crippen LogP contribution in [0.15, 0.2) is 65.1 Å². The van der Waals surface area contributed by atoms with Gasteiger partial charge < -0.3 is 4.74 Å². The topological polar surface area (TPSA) is 57.0 Å². The van der Waals surface area contributed by atoms with Gasteiger partial charge in [-0.25, -0.2) is 14.5 Å². The first kappa shape index (κ1) is 18.4. The number of para-hydroxylation sites is 1. The molecule has 28 heavy (non-hydrogen) atoms. The van der Waals surface area contributed by atoms with Gasteiger partial charge in [-0.3, -0.25) is 0 Å². The van der Waals surface area contributed by atoms with Crippen LogP contribution in [0.3, 0.4) is 0 Å². The van der Waals surface area contributed by atoms with E-state index in [0.29, 0.717) is 23.5 Å². The van der Waals surface area contributed by atoms with Gasteiger partial charge in [0.2, 0.25) is 0 Å². The van der Waals surface area contributed by atoms with E-state index in [2.05, 4.69) is 15.9 Å². The summed E-state index contributed by atoms with van der Waals surface area (Å²) in [6, 6.07) is 19.6. The average molecular weight is 436 g/mol. The molecule has 0 fully saturated rings. The summed E-state index contributed by atoms with van der Waals surface area (Å²) in [5, 5.41) is 5.64. The molecule has 2 heterocycles. The Morgan fingerprint density at radius 3 is 2.50 bits per heavy atom. The third-order valence-corrected chi connectivity index (χ3v) is 4.99. The third-order valence-electron chi connectivity index (χ3n) is 4.46. The maximum atomic E-state index is 12.4. The van der Waals surface area contributed by atoms with Gasteiger partial charge in [-0.2, -0.15) is 5.10 Å². The zero-order chi connectivity index (χ0) is 19.7. The second-order valence-electron chi connectivity index (χ2n) is 6.32. The number of hydrogen-bond donors (Lipinski definition) is 0. The number of rotatable bonds is 4. The molecule has 0 aliphatic heterocycles. The summed E-state index contributed by atoms with van der Waals surface area (Å²) in [6.45, 7) is 3.92. The number of nitrogens with zero attached hydrogens (tertiary/aromatic N) is 3. The molecule has 4 aromatic rings. The first-order valence-electron chi connectivity index (χ1n) is 8.97. The van der Waals surface area contributed by atoms with Crippen LogP contribution in [0.25, 0.3) is 28.0 Å². The fourth-order valence-corrected chi connectivity index (χ4v) is 3.38. The minimum absolute atomic E-state index is 0.319. The molecule has 0 unspecified atom stereocenters. The Bertz CT molecular complexity index is 1150. The second kappa shape index (κ2) is 7.56. The summed E-state index contributed by atoms with van der Waals surface area (Å²) in [4.78, 5) is 17.1. The number of carbonyl (C=O) groups is 1. The van der Waals surface area contributed by atoms with Gasteiger partial charge in [-0.1, -0.05) is 46.3 Å². The lowest BCUT2D eigenvalue weighted by molar-refractivity contribution is 0.0525. The summed E-state index contributed by atoms with van der Waals surface area (Å²) < 4.78 is 8.00. The van der Waals surface area contributed by atoms with Crippen molar-refractivity contribution in [3.63, 3.8) is 0 Å². The molecule has 2 aromatic carbocycles. The van der Waals surface area contributed by atoms with Crippen LogP contribution in [0.2, 0.25) is 0 Å². The highest BCUT2D eigenvalue weighted by Crippen LogP contribution is 2.31. The van der Waals surface area contributed by atoms with Crippen molar-refractivity contribution < 1.29 is 9.53 Å². The van der Waals surface area contributed by atoms with E-state index in [9.17, 15) is 4.79 Å². The van der Waals surface area contributed by atoms with Gasteiger partial charge >= 0.3 is 5.97 Å². The molecule has 0 saturated carbocycles. The highest BCUT2D eigenvalue weighted by molar-refractivity contribution is 9.10. The largest absolute Gasteiger partial charge is 0.462 e. The van der Waals surface area contributed by atoms with Gasteiger partial charge in [0.1, 0.15) is 5.69 Å². The highest BCUT2D eigenvalue weighted by atomic mass is 79.9. The van der Waals surface area contributed by atoms with Gasteiger partial charge in [0.25, 0.3) is 0 Å². The van der Waals surface area contributed by atoms with Crippen molar-refractivity contribution in [1.82, 2.24) is 14.8 Å². The number of esters is 1. The van der Waals surface area contributed by atoms with E-state index in [-0.39, 0.29) is 5.97 Å². The maximum absolute atomic E-state index is 12.4. The summed E-state index contributed by atoms with van der Waals surface area (Å²) in [6.07, 6.45) is 0. The van der Waals surface area contributed by atoms with E-state index < -0.39 is 0 Å². The Hall–Kier alpha value is -2.99. The fourth-order valence-electron chi connectivity index (χ4n) is 3.12. The van der Waals surface area contributed by atoms with Crippen LogP contribution in [-0.2, 0) is 4.74 Å². The van der Waals surface area contributed by atoms with E-state index in [1.807, 2.05) is 72.3 Å². The molecule has 0 aliphatic carbocycles. The monoisotopic (exact) mass is 435 g/mol. The molecule has 6 heteroatoms. The Morgan fingerprint density at radius 1 is 1.11 bits per heavy atom. The molecule has 0 amide bonds. The zero-order valence-electron chi connectivity index (χ0n) is 15.5. The Kier molecular flexibility index (Phi) is 4.96. The SMILES string of the molecule is CCOC(=O)c1cc2c(-c3ccc(Br)cc3)nn(-c3ccccc3)c2nc1C. The Labute approximate surface area is 171 Å². The number of carbonyl (C=O) groups excluding carboxylic acids is 1. The van der Waals surface area contributed by atoms with Crippen LogP contribution in [0, 0.1) is 6.92 Å². The number of aryl methyl sites for hydroxylation is 1. The molecule has 0 radical (unpaired) electrons. The molecule has 0 N–H and O–H groups in total. The quantitative estimate of drug-likeness (QED) is 0.406. The summed E-state index contributed by atoms with van der Waals surface area (Å²) in [5.41, 5.74) is 4.40. The zero-order valence-corrected chi connectivity index (χ0v) is 17.1. The molecular weight excluding hydrogens is 418 g/mol. The van der Waals surface area contributed by atoms with E-state index in [0.717, 1.165) is 26.8 Å². The van der Waals surface area contributed by atoms with Crippen molar-refractivity contribution >= 4 is 32.9 Å². The first-order chi connectivity index (χ1) is 13.6. The number of benzene rings is 2. The fraction of sp³-hybridized carbons (Fsp3) is 0.136. The van der Waals surface area contributed by atoms with Gasteiger partial charge in [0.15, 0.2) is 5.65 Å². The van der Waals surface area contributed by atoms with Crippen molar-refractivity contribution in [3.05, 3.63) is 76.4 Å². The summed E-state index contributed by atoms with van der Waals surface area (Å²) >= 11 is 3.47. The minimum Gasteiger partial charge on any atom is -0.462 e. The molecule has 4 rings (SSSR count). The highest BCUT2D eigenvalue weighted by Gasteiger charge is 2.20. The standard InChI is InChI=1S/C22H18BrN3O2/c1-3-28-22(27)18-13-19-20(15-9-11-16(23)12-10-15)25-26(21(19)24-14(18)2)17-7-5-4-6-8-17/h4-13H,3H2,1-2H3. The molecule has 140 valence electrons. The number of aromatic nitrogens is 3. The van der Waals surface area contributed by atoms with Gasteiger partial charge in [0, 0.05) is 15.4 Å². The summed E-state index contributed by atoms with van der Waals surface area (Å²) in [5.74, 6) is -0.372. The van der Waals surface area contributed by atoms with E-state index in [1.165, 1.54) is 0 Å². The predicted molar refractivity (Wildman–Crippen MR) is 113 cm³/mol. The van der Waals surface area contributed by atoms with Crippen molar-refractivity contribution in [2.24, 2.45) is 0 Å². The van der Waals surface area contributed by atoms with Crippen LogP contribution in [-0.4, -0.2) is 27.3 Å². The lowest BCUT2D eigenvalue weighted by atomic mass is 10.1. The van der Waals surface area contributed by atoms with Crippen LogP contribution < -0.4 is 0 Å². The van der Waals surface area contributed by atoms with Crippen molar-refractivity contribution in [2.75, 3.05) is 6.61 Å². The number of pyridine rings is 1. The van der Waals surface area contributed by atoms with Crippen LogP contribution >= 0.6 is 15.9 Å². The lowest BCUT2D eigenvalue weighted by Crippen LogP contribution is -2.08. The molecule has 0 atom stereocenters. The number of fused-ring (bicyclic) bond motifs is 1. The smallest absolute Gasteiger partial charge is 0.339 e. The van der Waals surface area contributed by atoms with Crippen LogP contribution in [0.5, 0.6) is 0 Å². The van der Waals surface area contributed by atoms with E-state index >= 15 is 0 Å². The normalized spacial score (nSPS) is 11.0. The third kappa shape index (κ3) is 3.31. The molecule has 0 spiro atoms. The van der Waals surface area contributed by atoms with Gasteiger partial charge in [-0.15, -0.1) is 0 Å². The molecule has 2 aromatic heterocycles. The summed E-state index contributed by atoms with van der Waals surface area (Å²) in [7, 11) is 0. The Balaban J connectivity index is 2.00.